The molecule has 1 saturated heterocycles. The van der Waals surface area contributed by atoms with Gasteiger partial charge in [-0.2, -0.15) is 0 Å². The van der Waals surface area contributed by atoms with Crippen LogP contribution in [0.1, 0.15) is 42.7 Å². The van der Waals surface area contributed by atoms with Crippen molar-refractivity contribution in [2.45, 2.75) is 44.2 Å². The van der Waals surface area contributed by atoms with Gasteiger partial charge in [-0.25, -0.2) is 0 Å². The highest BCUT2D eigenvalue weighted by molar-refractivity contribution is 6.34. The predicted molar refractivity (Wildman–Crippen MR) is 110 cm³/mol. The van der Waals surface area contributed by atoms with Crippen LogP contribution in [0.2, 0.25) is 10.0 Å². The van der Waals surface area contributed by atoms with Crippen LogP contribution in [0.15, 0.2) is 36.8 Å². The standard InChI is InChI=1S/C21H22Cl2N4O/c22-16-8-17(23)10-19(9-16)28-18-3-5-26(6-4-18)11-15-7-21-25-24-13-27(21)12-20(15)14-1-2-14/h7-10,12-14,18H,1-6,11H2. The van der Waals surface area contributed by atoms with Gasteiger partial charge in [-0.1, -0.05) is 23.2 Å². The molecule has 1 aliphatic heterocycles. The summed E-state index contributed by atoms with van der Waals surface area (Å²) in [6.07, 6.45) is 8.79. The van der Waals surface area contributed by atoms with Gasteiger partial charge in [0.1, 0.15) is 18.2 Å². The van der Waals surface area contributed by atoms with Crippen molar-refractivity contribution in [3.8, 4) is 5.75 Å². The summed E-state index contributed by atoms with van der Waals surface area (Å²) < 4.78 is 8.15. The third kappa shape index (κ3) is 3.97. The van der Waals surface area contributed by atoms with Crippen LogP contribution in [0.5, 0.6) is 5.75 Å². The minimum atomic E-state index is 0.202. The SMILES string of the molecule is Clc1cc(Cl)cc(OC2CCN(Cc3cc4nncn4cc3C3CC3)CC2)c1. The summed E-state index contributed by atoms with van der Waals surface area (Å²) in [5.41, 5.74) is 3.78. The van der Waals surface area contributed by atoms with E-state index in [1.807, 2.05) is 16.5 Å². The van der Waals surface area contributed by atoms with E-state index < -0.39 is 0 Å². The Balaban J connectivity index is 1.24. The van der Waals surface area contributed by atoms with E-state index in [1.165, 1.54) is 24.0 Å². The first-order valence-corrected chi connectivity index (χ1v) is 10.6. The zero-order valence-electron chi connectivity index (χ0n) is 15.5. The van der Waals surface area contributed by atoms with E-state index in [9.17, 15) is 0 Å². The summed E-state index contributed by atoms with van der Waals surface area (Å²) in [7, 11) is 0. The number of rotatable bonds is 5. The van der Waals surface area contributed by atoms with Gasteiger partial charge in [0, 0.05) is 35.9 Å². The van der Waals surface area contributed by atoms with Crippen molar-refractivity contribution in [1.82, 2.24) is 19.5 Å². The Bertz CT molecular complexity index is 973. The summed E-state index contributed by atoms with van der Waals surface area (Å²) in [5, 5.41) is 9.47. The first-order chi connectivity index (χ1) is 13.6. The van der Waals surface area contributed by atoms with Crippen molar-refractivity contribution < 1.29 is 4.74 Å². The molecule has 5 nitrogen and oxygen atoms in total. The van der Waals surface area contributed by atoms with E-state index in [1.54, 1.807) is 12.4 Å². The third-order valence-corrected chi connectivity index (χ3v) is 6.07. The molecule has 0 radical (unpaired) electrons. The van der Waals surface area contributed by atoms with Crippen LogP contribution in [-0.4, -0.2) is 38.7 Å². The smallest absolute Gasteiger partial charge is 0.160 e. The topological polar surface area (TPSA) is 42.7 Å². The molecule has 0 amide bonds. The van der Waals surface area contributed by atoms with E-state index in [4.69, 9.17) is 27.9 Å². The van der Waals surface area contributed by atoms with Crippen LogP contribution in [0, 0.1) is 0 Å². The van der Waals surface area contributed by atoms with E-state index in [0.29, 0.717) is 16.0 Å². The quantitative estimate of drug-likeness (QED) is 0.589. The molecule has 2 aromatic heterocycles. The Morgan fingerprint density at radius 2 is 1.75 bits per heavy atom. The average Bonchev–Trinajstić information content (AvgIpc) is 3.40. The zero-order valence-corrected chi connectivity index (χ0v) is 17.0. The van der Waals surface area contributed by atoms with Crippen molar-refractivity contribution >= 4 is 28.8 Å². The van der Waals surface area contributed by atoms with Crippen molar-refractivity contribution in [2.75, 3.05) is 13.1 Å². The van der Waals surface area contributed by atoms with Crippen molar-refractivity contribution in [2.24, 2.45) is 0 Å². The maximum Gasteiger partial charge on any atom is 0.160 e. The van der Waals surface area contributed by atoms with Gasteiger partial charge in [0.15, 0.2) is 5.65 Å². The molecule has 0 unspecified atom stereocenters. The minimum absolute atomic E-state index is 0.202. The summed E-state index contributed by atoms with van der Waals surface area (Å²) in [5.74, 6) is 1.46. The van der Waals surface area contributed by atoms with Crippen molar-refractivity contribution in [3.05, 3.63) is 58.0 Å². The lowest BCUT2D eigenvalue weighted by molar-refractivity contribution is 0.0967. The Morgan fingerprint density at radius 1 is 1.00 bits per heavy atom. The number of aromatic nitrogens is 3. The second-order valence-electron chi connectivity index (χ2n) is 7.82. The Morgan fingerprint density at radius 3 is 2.46 bits per heavy atom. The number of fused-ring (bicyclic) bond motifs is 1. The van der Waals surface area contributed by atoms with Gasteiger partial charge in [0.05, 0.1) is 0 Å². The molecule has 1 aromatic carbocycles. The van der Waals surface area contributed by atoms with Crippen molar-refractivity contribution in [3.63, 3.8) is 0 Å². The molecule has 2 fully saturated rings. The Hall–Kier alpha value is -1.82. The second-order valence-corrected chi connectivity index (χ2v) is 8.70. The van der Waals surface area contributed by atoms with Gasteiger partial charge >= 0.3 is 0 Å². The lowest BCUT2D eigenvalue weighted by Crippen LogP contribution is -2.38. The number of benzene rings is 1. The van der Waals surface area contributed by atoms with Crippen LogP contribution in [0.25, 0.3) is 5.65 Å². The number of hydrogen-bond acceptors (Lipinski definition) is 4. The van der Waals surface area contributed by atoms with Gasteiger partial charge in [0.25, 0.3) is 0 Å². The number of halogens is 2. The maximum atomic E-state index is 6.12. The normalized spacial score (nSPS) is 18.6. The molecular formula is C21H22Cl2N4O. The van der Waals surface area contributed by atoms with E-state index in [2.05, 4.69) is 27.4 Å². The van der Waals surface area contributed by atoms with Gasteiger partial charge in [-0.3, -0.25) is 9.30 Å². The molecule has 1 saturated carbocycles. The average molecular weight is 417 g/mol. The number of ether oxygens (including phenoxy) is 1. The molecule has 3 heterocycles. The molecule has 146 valence electrons. The highest BCUT2D eigenvalue weighted by Gasteiger charge is 2.28. The molecule has 0 spiro atoms. The molecule has 0 N–H and O–H groups in total. The van der Waals surface area contributed by atoms with E-state index >= 15 is 0 Å². The highest BCUT2D eigenvalue weighted by atomic mass is 35.5. The fourth-order valence-corrected chi connectivity index (χ4v) is 4.55. The summed E-state index contributed by atoms with van der Waals surface area (Å²) in [6.45, 7) is 2.99. The number of likely N-dealkylation sites (tertiary alicyclic amines) is 1. The molecule has 5 rings (SSSR count). The summed E-state index contributed by atoms with van der Waals surface area (Å²) in [4.78, 5) is 2.51. The molecule has 28 heavy (non-hydrogen) atoms. The van der Waals surface area contributed by atoms with Crippen LogP contribution in [0.3, 0.4) is 0 Å². The van der Waals surface area contributed by atoms with Gasteiger partial charge in [-0.05, 0) is 67.0 Å². The number of piperidine rings is 1. The molecular weight excluding hydrogens is 395 g/mol. The predicted octanol–water partition coefficient (Wildman–Crippen LogP) is 4.96. The van der Waals surface area contributed by atoms with E-state index in [-0.39, 0.29) is 6.10 Å². The van der Waals surface area contributed by atoms with Crippen LogP contribution >= 0.6 is 23.2 Å². The largest absolute Gasteiger partial charge is 0.490 e. The first-order valence-electron chi connectivity index (χ1n) is 9.81. The maximum absolute atomic E-state index is 6.12. The van der Waals surface area contributed by atoms with Gasteiger partial charge < -0.3 is 4.74 Å². The number of pyridine rings is 1. The summed E-state index contributed by atoms with van der Waals surface area (Å²) >= 11 is 12.2. The lowest BCUT2D eigenvalue weighted by atomic mass is 10.0. The fraction of sp³-hybridized carbons (Fsp3) is 0.429. The first kappa shape index (κ1) is 18.2. The number of hydrogen-bond donors (Lipinski definition) is 0. The van der Waals surface area contributed by atoms with Gasteiger partial charge in [-0.15, -0.1) is 10.2 Å². The molecule has 7 heteroatoms. The number of nitrogens with zero attached hydrogens (tertiary/aromatic N) is 4. The van der Waals surface area contributed by atoms with E-state index in [0.717, 1.165) is 43.9 Å². The van der Waals surface area contributed by atoms with Crippen molar-refractivity contribution in [1.29, 1.82) is 0 Å². The van der Waals surface area contributed by atoms with Crippen LogP contribution in [-0.2, 0) is 6.54 Å². The minimum Gasteiger partial charge on any atom is -0.490 e. The third-order valence-electron chi connectivity index (χ3n) is 5.64. The molecule has 3 aromatic rings. The monoisotopic (exact) mass is 416 g/mol. The molecule has 1 aliphatic carbocycles. The highest BCUT2D eigenvalue weighted by Crippen LogP contribution is 2.42. The lowest BCUT2D eigenvalue weighted by Gasteiger charge is -2.32. The Labute approximate surface area is 174 Å². The molecule has 0 bridgehead atoms. The van der Waals surface area contributed by atoms with Crippen LogP contribution in [0.4, 0.5) is 0 Å². The second kappa shape index (κ2) is 7.54. The van der Waals surface area contributed by atoms with Gasteiger partial charge in [0.2, 0.25) is 0 Å². The fourth-order valence-electron chi connectivity index (χ4n) is 4.04. The molecule has 0 atom stereocenters. The molecule has 2 aliphatic rings. The zero-order chi connectivity index (χ0) is 19.1. The summed E-state index contributed by atoms with van der Waals surface area (Å²) in [6, 6.07) is 7.59. The van der Waals surface area contributed by atoms with Crippen LogP contribution < -0.4 is 4.74 Å². The Kier molecular flexibility index (Phi) is 4.91.